The number of H-pyrrole nitrogens is 1. The molecule has 0 saturated carbocycles. The molecule has 2 N–H and O–H groups in total. The van der Waals surface area contributed by atoms with E-state index in [9.17, 15) is 13.6 Å². The highest BCUT2D eigenvalue weighted by Crippen LogP contribution is 2.12. The van der Waals surface area contributed by atoms with Crippen LogP contribution < -0.4 is 5.32 Å². The Hall–Kier alpha value is -2.24. The molecule has 0 aliphatic rings. The van der Waals surface area contributed by atoms with Gasteiger partial charge in [0.15, 0.2) is 0 Å². The lowest BCUT2D eigenvalue weighted by Crippen LogP contribution is -2.24. The molecule has 2 aromatic rings. The summed E-state index contributed by atoms with van der Waals surface area (Å²) in [6.07, 6.45) is 0. The van der Waals surface area contributed by atoms with E-state index in [4.69, 9.17) is 0 Å². The molecule has 0 bridgehead atoms. The molecule has 0 saturated heterocycles. The molecule has 0 unspecified atom stereocenters. The molecule has 0 atom stereocenters. The van der Waals surface area contributed by atoms with Crippen LogP contribution in [0, 0.1) is 25.5 Å². The van der Waals surface area contributed by atoms with E-state index in [2.05, 4.69) is 15.5 Å². The standard InChI is InChI=1S/C13H13F2N3O/c1-7-12(8(2)18-17-7)13(19)16-6-9-5-10(14)3-4-11(9)15/h3-5H,6H2,1-2H3,(H,16,19)(H,17,18). The summed E-state index contributed by atoms with van der Waals surface area (Å²) in [6.45, 7) is 3.34. The number of rotatable bonds is 3. The highest BCUT2D eigenvalue weighted by atomic mass is 19.1. The van der Waals surface area contributed by atoms with E-state index in [1.165, 1.54) is 0 Å². The molecule has 1 amide bonds. The SMILES string of the molecule is Cc1n[nH]c(C)c1C(=O)NCc1cc(F)ccc1F. The predicted octanol–water partition coefficient (Wildman–Crippen LogP) is 2.23. The van der Waals surface area contributed by atoms with Crippen molar-refractivity contribution in [3.05, 3.63) is 52.3 Å². The Bertz CT molecular complexity index is 603. The van der Waals surface area contributed by atoms with Crippen molar-refractivity contribution >= 4 is 5.91 Å². The Labute approximate surface area is 108 Å². The number of nitrogens with one attached hydrogen (secondary N) is 2. The molecule has 0 spiro atoms. The molecular formula is C13H13F2N3O. The van der Waals surface area contributed by atoms with E-state index >= 15 is 0 Å². The zero-order chi connectivity index (χ0) is 14.0. The van der Waals surface area contributed by atoms with Crippen LogP contribution in [0.5, 0.6) is 0 Å². The lowest BCUT2D eigenvalue weighted by molar-refractivity contribution is 0.0949. The summed E-state index contributed by atoms with van der Waals surface area (Å²) in [5, 5.41) is 9.14. The molecule has 0 aliphatic heterocycles. The van der Waals surface area contributed by atoms with Crippen LogP contribution in [0.25, 0.3) is 0 Å². The van der Waals surface area contributed by atoms with Gasteiger partial charge in [-0.3, -0.25) is 9.89 Å². The summed E-state index contributed by atoms with van der Waals surface area (Å²) in [6, 6.07) is 3.13. The van der Waals surface area contributed by atoms with E-state index in [0.29, 0.717) is 17.0 Å². The highest BCUT2D eigenvalue weighted by molar-refractivity contribution is 5.96. The maximum Gasteiger partial charge on any atom is 0.255 e. The monoisotopic (exact) mass is 265 g/mol. The molecule has 6 heteroatoms. The first-order chi connectivity index (χ1) is 8.99. The first-order valence-electron chi connectivity index (χ1n) is 5.72. The number of aromatic amines is 1. The van der Waals surface area contributed by atoms with E-state index in [1.54, 1.807) is 13.8 Å². The number of carbonyl (C=O) groups excluding carboxylic acids is 1. The maximum absolute atomic E-state index is 13.4. The van der Waals surface area contributed by atoms with Crippen LogP contribution >= 0.6 is 0 Å². The summed E-state index contributed by atoms with van der Waals surface area (Å²) in [5.41, 5.74) is 1.73. The Balaban J connectivity index is 2.11. The number of hydrogen-bond acceptors (Lipinski definition) is 2. The van der Waals surface area contributed by atoms with Crippen LogP contribution in [0.15, 0.2) is 18.2 Å². The number of benzene rings is 1. The van der Waals surface area contributed by atoms with Gasteiger partial charge < -0.3 is 5.32 Å². The molecule has 4 nitrogen and oxygen atoms in total. The third-order valence-corrected chi connectivity index (χ3v) is 2.80. The number of aryl methyl sites for hydroxylation is 2. The number of amides is 1. The molecule has 1 aromatic heterocycles. The molecule has 0 fully saturated rings. The minimum absolute atomic E-state index is 0.0769. The second-order valence-corrected chi connectivity index (χ2v) is 4.23. The van der Waals surface area contributed by atoms with Gasteiger partial charge in [0.05, 0.1) is 11.3 Å². The van der Waals surface area contributed by atoms with E-state index in [0.717, 1.165) is 18.2 Å². The van der Waals surface area contributed by atoms with Gasteiger partial charge in [-0.1, -0.05) is 0 Å². The van der Waals surface area contributed by atoms with Crippen molar-refractivity contribution in [3.8, 4) is 0 Å². The first-order valence-corrected chi connectivity index (χ1v) is 5.72. The molecule has 0 aliphatic carbocycles. The van der Waals surface area contributed by atoms with Crippen molar-refractivity contribution < 1.29 is 13.6 Å². The van der Waals surface area contributed by atoms with Gasteiger partial charge in [-0.15, -0.1) is 0 Å². The number of carbonyl (C=O) groups is 1. The van der Waals surface area contributed by atoms with Crippen LogP contribution in [0.2, 0.25) is 0 Å². The van der Waals surface area contributed by atoms with Crippen LogP contribution in [0.4, 0.5) is 8.78 Å². The minimum Gasteiger partial charge on any atom is -0.348 e. The topological polar surface area (TPSA) is 57.8 Å². The van der Waals surface area contributed by atoms with Crippen LogP contribution in [-0.4, -0.2) is 16.1 Å². The molecule has 1 heterocycles. The van der Waals surface area contributed by atoms with Gasteiger partial charge in [0.25, 0.3) is 5.91 Å². The quantitative estimate of drug-likeness (QED) is 0.894. The van der Waals surface area contributed by atoms with Crippen molar-refractivity contribution in [3.63, 3.8) is 0 Å². The predicted molar refractivity (Wildman–Crippen MR) is 65.6 cm³/mol. The van der Waals surface area contributed by atoms with E-state index in [-0.39, 0.29) is 18.0 Å². The average molecular weight is 265 g/mol. The maximum atomic E-state index is 13.4. The summed E-state index contributed by atoms with van der Waals surface area (Å²) >= 11 is 0. The highest BCUT2D eigenvalue weighted by Gasteiger charge is 2.15. The van der Waals surface area contributed by atoms with Gasteiger partial charge in [0.2, 0.25) is 0 Å². The van der Waals surface area contributed by atoms with Gasteiger partial charge in [0, 0.05) is 17.8 Å². The Kier molecular flexibility index (Phi) is 3.59. The number of halogens is 2. The second-order valence-electron chi connectivity index (χ2n) is 4.23. The van der Waals surface area contributed by atoms with Gasteiger partial charge in [-0.05, 0) is 32.0 Å². The summed E-state index contributed by atoms with van der Waals surface area (Å²) < 4.78 is 26.4. The van der Waals surface area contributed by atoms with Gasteiger partial charge in [-0.2, -0.15) is 5.10 Å². The van der Waals surface area contributed by atoms with Gasteiger partial charge in [-0.25, -0.2) is 8.78 Å². The Morgan fingerprint density at radius 1 is 1.37 bits per heavy atom. The number of aromatic nitrogens is 2. The normalized spacial score (nSPS) is 10.5. The summed E-state index contributed by atoms with van der Waals surface area (Å²) in [7, 11) is 0. The third kappa shape index (κ3) is 2.78. The second kappa shape index (κ2) is 5.17. The Morgan fingerprint density at radius 2 is 2.11 bits per heavy atom. The molecule has 19 heavy (non-hydrogen) atoms. The fraction of sp³-hybridized carbons (Fsp3) is 0.231. The third-order valence-electron chi connectivity index (χ3n) is 2.80. The van der Waals surface area contributed by atoms with Crippen molar-refractivity contribution in [2.24, 2.45) is 0 Å². The fourth-order valence-electron chi connectivity index (χ4n) is 1.83. The fourth-order valence-corrected chi connectivity index (χ4v) is 1.83. The summed E-state index contributed by atoms with van der Waals surface area (Å²) in [4.78, 5) is 11.9. The zero-order valence-electron chi connectivity index (χ0n) is 10.6. The van der Waals surface area contributed by atoms with Gasteiger partial charge >= 0.3 is 0 Å². The molecule has 0 radical (unpaired) electrons. The number of nitrogens with zero attached hydrogens (tertiary/aromatic N) is 1. The lowest BCUT2D eigenvalue weighted by atomic mass is 10.1. The minimum atomic E-state index is -0.553. The number of hydrogen-bond donors (Lipinski definition) is 2. The van der Waals surface area contributed by atoms with Crippen LogP contribution in [0.1, 0.15) is 27.3 Å². The largest absolute Gasteiger partial charge is 0.348 e. The first kappa shape index (κ1) is 13.2. The van der Waals surface area contributed by atoms with E-state index < -0.39 is 11.6 Å². The van der Waals surface area contributed by atoms with Crippen molar-refractivity contribution in [1.82, 2.24) is 15.5 Å². The zero-order valence-corrected chi connectivity index (χ0v) is 10.6. The van der Waals surface area contributed by atoms with Crippen LogP contribution in [0.3, 0.4) is 0 Å². The van der Waals surface area contributed by atoms with Crippen LogP contribution in [-0.2, 0) is 6.54 Å². The Morgan fingerprint density at radius 3 is 2.74 bits per heavy atom. The van der Waals surface area contributed by atoms with E-state index in [1.807, 2.05) is 0 Å². The smallest absolute Gasteiger partial charge is 0.255 e. The molecule has 100 valence electrons. The molecule has 1 aromatic carbocycles. The van der Waals surface area contributed by atoms with Gasteiger partial charge in [0.1, 0.15) is 11.6 Å². The van der Waals surface area contributed by atoms with Crippen molar-refractivity contribution in [1.29, 1.82) is 0 Å². The average Bonchev–Trinajstić information content (AvgIpc) is 2.70. The van der Waals surface area contributed by atoms with Crippen molar-refractivity contribution in [2.75, 3.05) is 0 Å². The molecule has 2 rings (SSSR count). The lowest BCUT2D eigenvalue weighted by Gasteiger charge is -2.06. The molecular weight excluding hydrogens is 252 g/mol. The van der Waals surface area contributed by atoms with Crippen molar-refractivity contribution in [2.45, 2.75) is 20.4 Å². The summed E-state index contributed by atoms with van der Waals surface area (Å²) in [5.74, 6) is -1.46.